The molecule has 0 amide bonds. The van der Waals surface area contributed by atoms with Gasteiger partial charge in [0.05, 0.1) is 12.1 Å². The Labute approximate surface area is 194 Å². The average molecular weight is 454 g/mol. The second-order valence-corrected chi connectivity index (χ2v) is 8.13. The van der Waals surface area contributed by atoms with E-state index in [1.54, 1.807) is 53.9 Å². The lowest BCUT2D eigenvalue weighted by molar-refractivity contribution is -0.136. The van der Waals surface area contributed by atoms with Gasteiger partial charge in [-0.25, -0.2) is 13.8 Å². The van der Waals surface area contributed by atoms with E-state index in [4.69, 9.17) is 4.98 Å². The first-order valence-corrected chi connectivity index (χ1v) is 10.8. The first-order chi connectivity index (χ1) is 16.4. The highest BCUT2D eigenvalue weighted by molar-refractivity contribution is 5.87. The molecule has 3 aromatic carbocycles. The largest absolute Gasteiger partial charge is 0.481 e. The summed E-state index contributed by atoms with van der Waals surface area (Å²) in [5.74, 6) is -1.77. The molecule has 0 aliphatic carbocycles. The molecule has 5 rings (SSSR count). The maximum Gasteiger partial charge on any atom is 0.307 e. The van der Waals surface area contributed by atoms with Crippen molar-refractivity contribution in [3.8, 4) is 33.5 Å². The monoisotopic (exact) mass is 454 g/mol. The molecule has 2 aromatic heterocycles. The predicted molar refractivity (Wildman–Crippen MR) is 127 cm³/mol. The minimum Gasteiger partial charge on any atom is -0.481 e. The van der Waals surface area contributed by atoms with Crippen molar-refractivity contribution in [1.29, 1.82) is 0 Å². The third-order valence-electron chi connectivity index (χ3n) is 5.88. The van der Waals surface area contributed by atoms with Crippen LogP contribution in [0.1, 0.15) is 11.1 Å². The zero-order valence-corrected chi connectivity index (χ0v) is 18.3. The van der Waals surface area contributed by atoms with Crippen molar-refractivity contribution >= 4 is 11.6 Å². The summed E-state index contributed by atoms with van der Waals surface area (Å²) in [5.41, 5.74) is 5.02. The van der Waals surface area contributed by atoms with E-state index in [1.165, 1.54) is 12.1 Å². The molecule has 0 spiro atoms. The Hall–Kier alpha value is -4.32. The maximum absolute atomic E-state index is 14.8. The van der Waals surface area contributed by atoms with Crippen LogP contribution in [0.2, 0.25) is 0 Å². The van der Waals surface area contributed by atoms with E-state index in [2.05, 4.69) is 0 Å². The third kappa shape index (κ3) is 3.83. The summed E-state index contributed by atoms with van der Waals surface area (Å²) in [4.78, 5) is 16.4. The summed E-state index contributed by atoms with van der Waals surface area (Å²) >= 11 is 0. The van der Waals surface area contributed by atoms with Crippen molar-refractivity contribution in [2.45, 2.75) is 13.3 Å². The van der Waals surface area contributed by atoms with Crippen molar-refractivity contribution in [1.82, 2.24) is 9.38 Å². The number of aliphatic carboxylic acids is 1. The van der Waals surface area contributed by atoms with E-state index in [1.807, 2.05) is 30.5 Å². The summed E-state index contributed by atoms with van der Waals surface area (Å²) in [7, 11) is 0. The quantitative estimate of drug-likeness (QED) is 0.328. The summed E-state index contributed by atoms with van der Waals surface area (Å²) < 4.78 is 31.0. The molecule has 168 valence electrons. The number of nitrogens with zero attached hydrogens (tertiary/aromatic N) is 2. The molecule has 0 radical (unpaired) electrons. The highest BCUT2D eigenvalue weighted by Gasteiger charge is 2.21. The molecule has 6 heteroatoms. The van der Waals surface area contributed by atoms with Gasteiger partial charge in [-0.3, -0.25) is 4.79 Å². The summed E-state index contributed by atoms with van der Waals surface area (Å²) in [6.07, 6.45) is 3.36. The number of hydrogen-bond donors (Lipinski definition) is 1. The number of halogens is 2. The number of aryl methyl sites for hydroxylation is 1. The van der Waals surface area contributed by atoms with Crippen molar-refractivity contribution in [3.05, 3.63) is 108 Å². The van der Waals surface area contributed by atoms with Crippen LogP contribution in [0.5, 0.6) is 0 Å². The molecule has 4 nitrogen and oxygen atoms in total. The van der Waals surface area contributed by atoms with Crippen LogP contribution in [0.15, 0.2) is 85.2 Å². The van der Waals surface area contributed by atoms with E-state index in [0.717, 1.165) is 11.1 Å². The van der Waals surface area contributed by atoms with E-state index >= 15 is 0 Å². The standard InChI is InChI=1S/C28H20F2N2O2/c1-17-15-32-16-25(19-8-6-7-18(13-19)20-9-2-4-11-23(20)29)31-28(32)27(22(17)14-26(33)34)21-10-3-5-12-24(21)30/h2-13,15-16H,14H2,1H3,(H,33,34). The average Bonchev–Trinajstić information content (AvgIpc) is 3.24. The van der Waals surface area contributed by atoms with Gasteiger partial charge in [-0.1, -0.05) is 54.6 Å². The Morgan fingerprint density at radius 3 is 2.21 bits per heavy atom. The van der Waals surface area contributed by atoms with Crippen LogP contribution in [-0.2, 0) is 11.2 Å². The highest BCUT2D eigenvalue weighted by atomic mass is 19.1. The zero-order valence-electron chi connectivity index (χ0n) is 18.3. The van der Waals surface area contributed by atoms with Gasteiger partial charge in [-0.05, 0) is 41.8 Å². The minimum absolute atomic E-state index is 0.253. The molecule has 0 bridgehead atoms. The highest BCUT2D eigenvalue weighted by Crippen LogP contribution is 2.35. The number of aromatic nitrogens is 2. The predicted octanol–water partition coefficient (Wildman–Crippen LogP) is 6.55. The molecule has 0 aliphatic rings. The van der Waals surface area contributed by atoms with Crippen molar-refractivity contribution in [2.24, 2.45) is 0 Å². The summed E-state index contributed by atoms with van der Waals surface area (Å²) in [6, 6.07) is 20.2. The first kappa shape index (κ1) is 21.5. The number of rotatable bonds is 5. The molecule has 1 N–H and O–H groups in total. The second kappa shape index (κ2) is 8.56. The number of carboxylic acids is 1. The number of pyridine rings is 1. The van der Waals surface area contributed by atoms with E-state index in [0.29, 0.717) is 39.2 Å². The number of carbonyl (C=O) groups is 1. The smallest absolute Gasteiger partial charge is 0.307 e. The van der Waals surface area contributed by atoms with Crippen LogP contribution in [0.3, 0.4) is 0 Å². The molecule has 34 heavy (non-hydrogen) atoms. The summed E-state index contributed by atoms with van der Waals surface area (Å²) in [5, 5.41) is 9.50. The van der Waals surface area contributed by atoms with Crippen LogP contribution >= 0.6 is 0 Å². The van der Waals surface area contributed by atoms with Crippen LogP contribution in [0, 0.1) is 18.6 Å². The van der Waals surface area contributed by atoms with Gasteiger partial charge in [0.25, 0.3) is 0 Å². The minimum atomic E-state index is -1.01. The topological polar surface area (TPSA) is 54.6 Å². The Balaban J connectivity index is 1.73. The lowest BCUT2D eigenvalue weighted by atomic mass is 9.95. The van der Waals surface area contributed by atoms with Gasteiger partial charge in [0.1, 0.15) is 17.3 Å². The Morgan fingerprint density at radius 2 is 1.53 bits per heavy atom. The third-order valence-corrected chi connectivity index (χ3v) is 5.88. The van der Waals surface area contributed by atoms with E-state index in [-0.39, 0.29) is 12.2 Å². The van der Waals surface area contributed by atoms with E-state index < -0.39 is 11.8 Å². The number of imidazole rings is 1. The Bertz CT molecular complexity index is 1560. The lowest BCUT2D eigenvalue weighted by Crippen LogP contribution is -2.07. The van der Waals surface area contributed by atoms with Gasteiger partial charge in [-0.15, -0.1) is 0 Å². The molecular weight excluding hydrogens is 434 g/mol. The van der Waals surface area contributed by atoms with Gasteiger partial charge in [0.15, 0.2) is 0 Å². The first-order valence-electron chi connectivity index (χ1n) is 10.8. The maximum atomic E-state index is 14.8. The van der Waals surface area contributed by atoms with Crippen LogP contribution < -0.4 is 0 Å². The summed E-state index contributed by atoms with van der Waals surface area (Å²) in [6.45, 7) is 1.81. The molecule has 0 saturated carbocycles. The van der Waals surface area contributed by atoms with Crippen molar-refractivity contribution in [3.63, 3.8) is 0 Å². The van der Waals surface area contributed by atoms with Crippen molar-refractivity contribution in [2.75, 3.05) is 0 Å². The molecule has 0 atom stereocenters. The molecule has 5 aromatic rings. The van der Waals surface area contributed by atoms with Crippen LogP contribution in [0.4, 0.5) is 8.78 Å². The molecule has 2 heterocycles. The lowest BCUT2D eigenvalue weighted by Gasteiger charge is -2.14. The molecule has 0 unspecified atom stereocenters. The number of carboxylic acid groups (broad SMARTS) is 1. The van der Waals surface area contributed by atoms with Gasteiger partial charge in [0, 0.05) is 34.6 Å². The molecular formula is C28H20F2N2O2. The molecule has 0 saturated heterocycles. The second-order valence-electron chi connectivity index (χ2n) is 8.13. The Morgan fingerprint density at radius 1 is 0.882 bits per heavy atom. The van der Waals surface area contributed by atoms with E-state index in [9.17, 15) is 18.7 Å². The van der Waals surface area contributed by atoms with Gasteiger partial charge in [-0.2, -0.15) is 0 Å². The SMILES string of the molecule is Cc1cn2cc(-c3cccc(-c4ccccc4F)c3)nc2c(-c2ccccc2F)c1CC(=O)O. The van der Waals surface area contributed by atoms with Gasteiger partial charge < -0.3 is 9.51 Å². The number of hydrogen-bond acceptors (Lipinski definition) is 2. The van der Waals surface area contributed by atoms with Gasteiger partial charge >= 0.3 is 5.97 Å². The van der Waals surface area contributed by atoms with Crippen LogP contribution in [-0.4, -0.2) is 20.5 Å². The van der Waals surface area contributed by atoms with Gasteiger partial charge in [0.2, 0.25) is 0 Å². The normalized spacial score (nSPS) is 11.1. The van der Waals surface area contributed by atoms with Crippen molar-refractivity contribution < 1.29 is 18.7 Å². The fourth-order valence-electron chi connectivity index (χ4n) is 4.30. The number of fused-ring (bicyclic) bond motifs is 1. The fraction of sp³-hybridized carbons (Fsp3) is 0.0714. The molecule has 0 fully saturated rings. The Kier molecular flexibility index (Phi) is 5.42. The zero-order chi connectivity index (χ0) is 23.8. The number of benzene rings is 3. The fourth-order valence-corrected chi connectivity index (χ4v) is 4.30. The molecule has 0 aliphatic heterocycles. The van der Waals surface area contributed by atoms with Crippen LogP contribution in [0.25, 0.3) is 39.2 Å².